The lowest BCUT2D eigenvalue weighted by atomic mass is 9.69. The Bertz CT molecular complexity index is 708. The van der Waals surface area contributed by atoms with Crippen molar-refractivity contribution in [3.05, 3.63) is 65.7 Å². The van der Waals surface area contributed by atoms with Crippen molar-refractivity contribution in [2.75, 3.05) is 24.7 Å². The topological polar surface area (TPSA) is 39.1 Å². The van der Waals surface area contributed by atoms with Crippen molar-refractivity contribution in [3.63, 3.8) is 0 Å². The van der Waals surface area contributed by atoms with Gasteiger partial charge in [0.2, 0.25) is 0 Å². The Kier molecular flexibility index (Phi) is 4.92. The maximum absolute atomic E-state index is 13.1. The average Bonchev–Trinajstić information content (AvgIpc) is 2.62. The summed E-state index contributed by atoms with van der Waals surface area (Å²) in [6.07, 6.45) is 9.48. The molecule has 0 spiro atoms. The normalized spacial score (nSPS) is 24.2. The first-order chi connectivity index (χ1) is 11.6. The van der Waals surface area contributed by atoms with Gasteiger partial charge < -0.3 is 10.7 Å². The molecule has 1 saturated heterocycles. The molecule has 0 saturated carbocycles. The monoisotopic (exact) mass is 343 g/mol. The standard InChI is InChI=1S/C19H22FN3S/c1-3-19-11-14(12-21)18(22-17-6-4-16(20)5-7-17)10-15(19)8-9-23(13-19)24-2/h3-7,10,12,21-22H,1,8-9,11,13H2,2H3. The van der Waals surface area contributed by atoms with E-state index >= 15 is 0 Å². The van der Waals surface area contributed by atoms with Gasteiger partial charge in [0.1, 0.15) is 5.82 Å². The molecule has 24 heavy (non-hydrogen) atoms. The number of rotatable bonds is 5. The van der Waals surface area contributed by atoms with Crippen molar-refractivity contribution in [1.82, 2.24) is 4.31 Å². The van der Waals surface area contributed by atoms with Crippen molar-refractivity contribution in [2.45, 2.75) is 12.8 Å². The minimum Gasteiger partial charge on any atom is -0.355 e. The number of nitrogens with zero attached hydrogens (tertiary/aromatic N) is 1. The molecule has 5 heteroatoms. The Labute approximate surface area is 147 Å². The van der Waals surface area contributed by atoms with Crippen LogP contribution in [0.3, 0.4) is 0 Å². The van der Waals surface area contributed by atoms with Crippen LogP contribution in [-0.2, 0) is 0 Å². The Morgan fingerprint density at radius 1 is 1.38 bits per heavy atom. The first-order valence-corrected chi connectivity index (χ1v) is 9.18. The molecule has 3 rings (SSSR count). The van der Waals surface area contributed by atoms with Crippen LogP contribution in [0.2, 0.25) is 0 Å². The van der Waals surface area contributed by atoms with Crippen molar-refractivity contribution >= 4 is 23.8 Å². The average molecular weight is 343 g/mol. The molecule has 1 aliphatic carbocycles. The van der Waals surface area contributed by atoms with Crippen molar-refractivity contribution < 1.29 is 4.39 Å². The summed E-state index contributed by atoms with van der Waals surface area (Å²) in [6, 6.07) is 6.31. The number of hydrogen-bond acceptors (Lipinski definition) is 4. The molecule has 3 nitrogen and oxygen atoms in total. The van der Waals surface area contributed by atoms with Gasteiger partial charge in [0.25, 0.3) is 0 Å². The quantitative estimate of drug-likeness (QED) is 0.465. The van der Waals surface area contributed by atoms with Gasteiger partial charge in [-0.05, 0) is 55.0 Å². The second-order valence-corrected chi connectivity index (χ2v) is 7.10. The van der Waals surface area contributed by atoms with Crippen LogP contribution in [0, 0.1) is 16.6 Å². The molecule has 1 atom stereocenters. The highest BCUT2D eigenvalue weighted by Crippen LogP contribution is 2.46. The maximum Gasteiger partial charge on any atom is 0.123 e. The first-order valence-electron chi connectivity index (χ1n) is 8.00. The zero-order valence-electron chi connectivity index (χ0n) is 13.8. The van der Waals surface area contributed by atoms with Gasteiger partial charge in [-0.1, -0.05) is 23.6 Å². The van der Waals surface area contributed by atoms with Crippen molar-refractivity contribution in [2.24, 2.45) is 5.41 Å². The van der Waals surface area contributed by atoms with Crippen molar-refractivity contribution in [3.8, 4) is 0 Å². The van der Waals surface area contributed by atoms with Gasteiger partial charge >= 0.3 is 0 Å². The van der Waals surface area contributed by atoms with Gasteiger partial charge in [-0.2, -0.15) is 0 Å². The molecule has 2 N–H and O–H groups in total. The van der Waals surface area contributed by atoms with E-state index in [9.17, 15) is 4.39 Å². The summed E-state index contributed by atoms with van der Waals surface area (Å²) in [6.45, 7) is 6.02. The summed E-state index contributed by atoms with van der Waals surface area (Å²) in [5, 5.41) is 11.2. The van der Waals surface area contributed by atoms with Crippen LogP contribution >= 0.6 is 11.9 Å². The third-order valence-electron chi connectivity index (χ3n) is 4.85. The molecule has 0 bridgehead atoms. The molecule has 126 valence electrons. The molecule has 1 heterocycles. The highest BCUT2D eigenvalue weighted by molar-refractivity contribution is 7.96. The lowest BCUT2D eigenvalue weighted by molar-refractivity contribution is 0.278. The summed E-state index contributed by atoms with van der Waals surface area (Å²) in [5.41, 5.74) is 3.98. The van der Waals surface area contributed by atoms with Gasteiger partial charge in [0.05, 0.1) is 0 Å². The summed E-state index contributed by atoms with van der Waals surface area (Å²) < 4.78 is 15.5. The number of fused-ring (bicyclic) bond motifs is 1. The molecule has 1 unspecified atom stereocenters. The Morgan fingerprint density at radius 3 is 2.75 bits per heavy atom. The highest BCUT2D eigenvalue weighted by Gasteiger charge is 2.40. The third-order valence-corrected chi connectivity index (χ3v) is 5.67. The summed E-state index contributed by atoms with van der Waals surface area (Å²) >= 11 is 1.76. The minimum atomic E-state index is -0.251. The zero-order chi connectivity index (χ0) is 17.2. The Balaban J connectivity index is 1.92. The van der Waals surface area contributed by atoms with E-state index in [0.717, 1.165) is 42.9 Å². The first kappa shape index (κ1) is 17.0. The number of benzene rings is 1. The molecule has 1 aromatic rings. The van der Waals surface area contributed by atoms with Gasteiger partial charge in [0.15, 0.2) is 0 Å². The van der Waals surface area contributed by atoms with Crippen LogP contribution in [0.5, 0.6) is 0 Å². The number of allylic oxidation sites excluding steroid dienone is 2. The van der Waals surface area contributed by atoms with Gasteiger partial charge in [-0.3, -0.25) is 0 Å². The largest absolute Gasteiger partial charge is 0.355 e. The van der Waals surface area contributed by atoms with Crippen molar-refractivity contribution in [1.29, 1.82) is 5.41 Å². The third kappa shape index (κ3) is 3.19. The Hall–Kier alpha value is -1.85. The summed E-state index contributed by atoms with van der Waals surface area (Å²) in [4.78, 5) is 0. The predicted molar refractivity (Wildman–Crippen MR) is 101 cm³/mol. The number of halogens is 1. The van der Waals surface area contributed by atoms with E-state index in [1.807, 2.05) is 6.08 Å². The smallest absolute Gasteiger partial charge is 0.123 e. The lowest BCUT2D eigenvalue weighted by Crippen LogP contribution is -2.42. The van der Waals surface area contributed by atoms with Crippen LogP contribution < -0.4 is 5.32 Å². The molecule has 1 aliphatic heterocycles. The van der Waals surface area contributed by atoms with Crippen LogP contribution in [0.15, 0.2) is 59.8 Å². The molecule has 2 aliphatic rings. The number of anilines is 1. The Morgan fingerprint density at radius 2 is 2.12 bits per heavy atom. The number of hydrogen-bond donors (Lipinski definition) is 2. The van der Waals surface area contributed by atoms with E-state index in [4.69, 9.17) is 5.41 Å². The molecule has 0 amide bonds. The zero-order valence-corrected chi connectivity index (χ0v) is 14.6. The molecular formula is C19H22FN3S. The van der Waals surface area contributed by atoms with E-state index in [1.54, 1.807) is 24.1 Å². The van der Waals surface area contributed by atoms with E-state index < -0.39 is 0 Å². The van der Waals surface area contributed by atoms with E-state index in [1.165, 1.54) is 23.9 Å². The lowest BCUT2D eigenvalue weighted by Gasteiger charge is -2.44. The second-order valence-electron chi connectivity index (χ2n) is 6.22. The molecule has 1 fully saturated rings. The van der Waals surface area contributed by atoms with E-state index in [2.05, 4.69) is 28.5 Å². The van der Waals surface area contributed by atoms with E-state index in [-0.39, 0.29) is 11.2 Å². The number of piperidine rings is 1. The predicted octanol–water partition coefficient (Wildman–Crippen LogP) is 4.63. The van der Waals surface area contributed by atoms with Gasteiger partial charge in [-0.15, -0.1) is 6.58 Å². The SMILES string of the molecule is C=CC12CC(C=N)=C(Nc3ccc(F)cc3)C=C1CCN(SC)C2. The molecular weight excluding hydrogens is 321 g/mol. The molecule has 1 aromatic carbocycles. The molecule has 0 aromatic heterocycles. The fourth-order valence-corrected chi connectivity index (χ4v) is 4.07. The summed E-state index contributed by atoms with van der Waals surface area (Å²) in [5.74, 6) is -0.251. The number of nitrogens with one attached hydrogen (secondary N) is 2. The van der Waals surface area contributed by atoms with Gasteiger partial charge in [0, 0.05) is 36.1 Å². The maximum atomic E-state index is 13.1. The molecule has 0 radical (unpaired) electrons. The van der Waals surface area contributed by atoms with Crippen LogP contribution in [-0.4, -0.2) is 29.9 Å². The minimum absolute atomic E-state index is 0.0951. The van der Waals surface area contributed by atoms with Crippen LogP contribution in [0.4, 0.5) is 10.1 Å². The summed E-state index contributed by atoms with van der Waals surface area (Å²) in [7, 11) is 0. The fourth-order valence-electron chi connectivity index (χ4n) is 3.43. The van der Waals surface area contributed by atoms with Crippen LogP contribution in [0.25, 0.3) is 0 Å². The second kappa shape index (κ2) is 6.95. The van der Waals surface area contributed by atoms with Gasteiger partial charge in [-0.25, -0.2) is 8.70 Å². The van der Waals surface area contributed by atoms with Crippen LogP contribution in [0.1, 0.15) is 12.8 Å². The van der Waals surface area contributed by atoms with E-state index in [0.29, 0.717) is 0 Å². The highest BCUT2D eigenvalue weighted by atomic mass is 32.2. The fraction of sp³-hybridized carbons (Fsp3) is 0.316.